The van der Waals surface area contributed by atoms with Crippen LogP contribution in [0, 0.1) is 0 Å². The Morgan fingerprint density at radius 3 is 2.71 bits per heavy atom. The zero-order valence-corrected chi connectivity index (χ0v) is 12.5. The Hall–Kier alpha value is -1.79. The quantitative estimate of drug-likeness (QED) is 0.943. The predicted molar refractivity (Wildman–Crippen MR) is 77.7 cm³/mol. The number of aryl methyl sites for hydroxylation is 1. The summed E-state index contributed by atoms with van der Waals surface area (Å²) in [5.41, 5.74) is 0.943. The van der Waals surface area contributed by atoms with E-state index >= 15 is 0 Å². The Balaban J connectivity index is 1.84. The van der Waals surface area contributed by atoms with E-state index in [1.54, 1.807) is 37.6 Å². The highest BCUT2D eigenvalue weighted by molar-refractivity contribution is 7.89. The maximum Gasteiger partial charge on any atom is 0.241 e. The van der Waals surface area contributed by atoms with Gasteiger partial charge in [-0.1, -0.05) is 0 Å². The van der Waals surface area contributed by atoms with Gasteiger partial charge in [0.1, 0.15) is 11.5 Å². The van der Waals surface area contributed by atoms with Gasteiger partial charge in [0, 0.05) is 12.0 Å². The van der Waals surface area contributed by atoms with Gasteiger partial charge < -0.3 is 9.15 Å². The second kappa shape index (κ2) is 5.54. The van der Waals surface area contributed by atoms with E-state index in [0.29, 0.717) is 5.75 Å². The summed E-state index contributed by atoms with van der Waals surface area (Å²) in [5, 5.41) is 0. The van der Waals surface area contributed by atoms with E-state index in [1.807, 2.05) is 6.07 Å². The summed E-state index contributed by atoms with van der Waals surface area (Å²) in [6.07, 6.45) is 4.17. The van der Waals surface area contributed by atoms with Gasteiger partial charge in [-0.05, 0) is 43.2 Å². The van der Waals surface area contributed by atoms with Crippen LogP contribution in [0.4, 0.5) is 0 Å². The van der Waals surface area contributed by atoms with Gasteiger partial charge in [0.05, 0.1) is 24.3 Å². The van der Waals surface area contributed by atoms with Gasteiger partial charge in [0.15, 0.2) is 0 Å². The molecule has 1 N–H and O–H groups in total. The summed E-state index contributed by atoms with van der Waals surface area (Å²) >= 11 is 0. The van der Waals surface area contributed by atoms with E-state index in [-0.39, 0.29) is 10.9 Å². The average Bonchev–Trinajstić information content (AvgIpc) is 2.97. The molecule has 112 valence electrons. The molecule has 0 fully saturated rings. The van der Waals surface area contributed by atoms with Crippen LogP contribution in [0.3, 0.4) is 0 Å². The first-order valence-electron chi connectivity index (χ1n) is 6.83. The van der Waals surface area contributed by atoms with Crippen molar-refractivity contribution in [2.75, 3.05) is 7.11 Å². The predicted octanol–water partition coefficient (Wildman–Crippen LogP) is 2.64. The smallest absolute Gasteiger partial charge is 0.241 e. The number of nitrogens with one attached hydrogen (secondary N) is 1. The number of hydrogen-bond acceptors (Lipinski definition) is 4. The minimum absolute atomic E-state index is 0.223. The number of methoxy groups -OCH3 is 1. The van der Waals surface area contributed by atoms with E-state index < -0.39 is 10.0 Å². The van der Waals surface area contributed by atoms with Gasteiger partial charge in [0.25, 0.3) is 0 Å². The van der Waals surface area contributed by atoms with Crippen molar-refractivity contribution >= 4 is 10.0 Å². The highest BCUT2D eigenvalue weighted by Gasteiger charge is 2.27. The zero-order chi connectivity index (χ0) is 14.9. The second-order valence-electron chi connectivity index (χ2n) is 5.04. The van der Waals surface area contributed by atoms with Crippen molar-refractivity contribution in [3.05, 3.63) is 47.9 Å². The standard InChI is InChI=1S/C15H17NO4S/c1-19-11-5-7-12(8-6-11)21(17,18)16-14-3-2-4-15-13(14)9-10-20-15/h5-10,14,16H,2-4H2,1H3/t14-/m1/s1. The minimum atomic E-state index is -3.55. The van der Waals surface area contributed by atoms with Gasteiger partial charge in [-0.15, -0.1) is 0 Å². The molecule has 0 saturated heterocycles. The van der Waals surface area contributed by atoms with E-state index in [1.165, 1.54) is 0 Å². The van der Waals surface area contributed by atoms with Crippen LogP contribution in [-0.4, -0.2) is 15.5 Å². The lowest BCUT2D eigenvalue weighted by molar-refractivity contribution is 0.414. The van der Waals surface area contributed by atoms with Crippen molar-refractivity contribution in [3.63, 3.8) is 0 Å². The molecule has 0 aliphatic heterocycles. The Kier molecular flexibility index (Phi) is 3.73. The normalized spacial score (nSPS) is 18.2. The first-order valence-corrected chi connectivity index (χ1v) is 8.31. The molecule has 1 aromatic heterocycles. The molecule has 0 saturated carbocycles. The molecule has 0 spiro atoms. The first kappa shape index (κ1) is 14.2. The number of sulfonamides is 1. The molecule has 1 aliphatic rings. The molecule has 2 aromatic rings. The monoisotopic (exact) mass is 307 g/mol. The molecular weight excluding hydrogens is 290 g/mol. The minimum Gasteiger partial charge on any atom is -0.497 e. The Morgan fingerprint density at radius 2 is 2.00 bits per heavy atom. The lowest BCUT2D eigenvalue weighted by Crippen LogP contribution is -2.30. The fraction of sp³-hybridized carbons (Fsp3) is 0.333. The summed E-state index contributed by atoms with van der Waals surface area (Å²) < 4.78 is 38.1. The third-order valence-electron chi connectivity index (χ3n) is 3.72. The van der Waals surface area contributed by atoms with Gasteiger partial charge in [-0.3, -0.25) is 0 Å². The molecule has 1 heterocycles. The van der Waals surface area contributed by atoms with Crippen molar-refractivity contribution in [3.8, 4) is 5.75 Å². The Morgan fingerprint density at radius 1 is 1.24 bits per heavy atom. The summed E-state index contributed by atoms with van der Waals surface area (Å²) in [4.78, 5) is 0.235. The van der Waals surface area contributed by atoms with Gasteiger partial charge in [0.2, 0.25) is 10.0 Å². The van der Waals surface area contributed by atoms with Gasteiger partial charge in [-0.25, -0.2) is 13.1 Å². The molecule has 1 aliphatic carbocycles. The van der Waals surface area contributed by atoms with Crippen molar-refractivity contribution in [2.45, 2.75) is 30.2 Å². The third-order valence-corrected chi connectivity index (χ3v) is 5.21. The molecule has 0 radical (unpaired) electrons. The van der Waals surface area contributed by atoms with Crippen LogP contribution in [0.1, 0.15) is 30.2 Å². The molecule has 0 unspecified atom stereocenters. The van der Waals surface area contributed by atoms with E-state index in [0.717, 1.165) is 30.6 Å². The topological polar surface area (TPSA) is 68.5 Å². The first-order chi connectivity index (χ1) is 10.1. The molecule has 21 heavy (non-hydrogen) atoms. The van der Waals surface area contributed by atoms with E-state index in [4.69, 9.17) is 9.15 Å². The number of furan rings is 1. The van der Waals surface area contributed by atoms with Crippen LogP contribution in [-0.2, 0) is 16.4 Å². The van der Waals surface area contributed by atoms with Crippen molar-refractivity contribution in [1.29, 1.82) is 0 Å². The van der Waals surface area contributed by atoms with Gasteiger partial charge >= 0.3 is 0 Å². The Bertz CT molecular complexity index is 718. The Labute approximate surface area is 124 Å². The highest BCUT2D eigenvalue weighted by Crippen LogP contribution is 2.31. The zero-order valence-electron chi connectivity index (χ0n) is 11.7. The number of rotatable bonds is 4. The highest BCUT2D eigenvalue weighted by atomic mass is 32.2. The van der Waals surface area contributed by atoms with E-state index in [2.05, 4.69) is 4.72 Å². The lowest BCUT2D eigenvalue weighted by atomic mass is 9.94. The molecule has 0 amide bonds. The molecular formula is C15H17NO4S. The molecule has 6 heteroatoms. The molecule has 5 nitrogen and oxygen atoms in total. The summed E-state index contributed by atoms with van der Waals surface area (Å²) in [7, 11) is -2.01. The SMILES string of the molecule is COc1ccc(S(=O)(=O)N[C@@H]2CCCc3occc32)cc1. The molecule has 1 aromatic carbocycles. The number of hydrogen-bond donors (Lipinski definition) is 1. The van der Waals surface area contributed by atoms with Crippen LogP contribution in [0.25, 0.3) is 0 Å². The number of fused-ring (bicyclic) bond motifs is 1. The van der Waals surface area contributed by atoms with Gasteiger partial charge in [-0.2, -0.15) is 0 Å². The van der Waals surface area contributed by atoms with Crippen molar-refractivity contribution in [2.24, 2.45) is 0 Å². The second-order valence-corrected chi connectivity index (χ2v) is 6.75. The third kappa shape index (κ3) is 2.82. The summed E-state index contributed by atoms with van der Waals surface area (Å²) in [6, 6.07) is 7.98. The van der Waals surface area contributed by atoms with Crippen LogP contribution in [0.5, 0.6) is 5.75 Å². The van der Waals surface area contributed by atoms with Crippen LogP contribution in [0.15, 0.2) is 45.9 Å². The largest absolute Gasteiger partial charge is 0.497 e. The van der Waals surface area contributed by atoms with E-state index in [9.17, 15) is 8.42 Å². The molecule has 3 rings (SSSR count). The maximum atomic E-state index is 12.4. The number of ether oxygens (including phenoxy) is 1. The van der Waals surface area contributed by atoms with Crippen LogP contribution in [0.2, 0.25) is 0 Å². The fourth-order valence-corrected chi connectivity index (χ4v) is 3.87. The summed E-state index contributed by atoms with van der Waals surface area (Å²) in [5.74, 6) is 1.51. The van der Waals surface area contributed by atoms with Crippen molar-refractivity contribution in [1.82, 2.24) is 4.72 Å². The molecule has 1 atom stereocenters. The van der Waals surface area contributed by atoms with Crippen LogP contribution < -0.4 is 9.46 Å². The van der Waals surface area contributed by atoms with Crippen LogP contribution >= 0.6 is 0 Å². The average molecular weight is 307 g/mol. The number of benzene rings is 1. The summed E-state index contributed by atoms with van der Waals surface area (Å²) in [6.45, 7) is 0. The lowest BCUT2D eigenvalue weighted by Gasteiger charge is -2.22. The maximum absolute atomic E-state index is 12.4. The fourth-order valence-electron chi connectivity index (χ4n) is 2.62. The van der Waals surface area contributed by atoms with Crippen molar-refractivity contribution < 1.29 is 17.6 Å². The molecule has 0 bridgehead atoms.